The molecule has 2 aliphatic heterocycles. The number of amides is 2. The first-order valence-electron chi connectivity index (χ1n) is 13.2. The Morgan fingerprint density at radius 3 is 2.89 bits per heavy atom. The van der Waals surface area contributed by atoms with Gasteiger partial charge in [0.2, 0.25) is 0 Å². The summed E-state index contributed by atoms with van der Waals surface area (Å²) in [6.07, 6.45) is 8.68. The van der Waals surface area contributed by atoms with Crippen molar-refractivity contribution in [3.8, 4) is 11.5 Å². The van der Waals surface area contributed by atoms with E-state index < -0.39 is 0 Å². The molecule has 3 N–H and O–H groups in total. The number of benzene rings is 1. The molecule has 0 spiro atoms. The van der Waals surface area contributed by atoms with Gasteiger partial charge in [0.05, 0.1) is 17.6 Å². The molecule has 1 aromatic carbocycles. The van der Waals surface area contributed by atoms with Crippen molar-refractivity contribution in [3.05, 3.63) is 35.5 Å². The lowest BCUT2D eigenvalue weighted by molar-refractivity contribution is -0.132. The van der Waals surface area contributed by atoms with Crippen LogP contribution in [-0.4, -0.2) is 85.2 Å². The van der Waals surface area contributed by atoms with Gasteiger partial charge in [0.1, 0.15) is 5.82 Å². The molecular weight excluding hydrogens is 486 g/mol. The van der Waals surface area contributed by atoms with Crippen molar-refractivity contribution >= 4 is 35.5 Å². The summed E-state index contributed by atoms with van der Waals surface area (Å²) in [7, 11) is 3.83. The van der Waals surface area contributed by atoms with Crippen LogP contribution in [0.4, 0.5) is 11.5 Å². The van der Waals surface area contributed by atoms with Crippen LogP contribution in [0.5, 0.6) is 11.5 Å². The van der Waals surface area contributed by atoms with Crippen LogP contribution in [-0.2, 0) is 16.1 Å². The van der Waals surface area contributed by atoms with Crippen molar-refractivity contribution in [1.82, 2.24) is 20.1 Å². The molecule has 3 aliphatic rings. The summed E-state index contributed by atoms with van der Waals surface area (Å²) in [5.41, 5.74) is 2.59. The Morgan fingerprint density at radius 2 is 2.05 bits per heavy atom. The zero-order valence-electron chi connectivity index (χ0n) is 22.0. The topological polar surface area (TPSA) is 124 Å². The summed E-state index contributed by atoms with van der Waals surface area (Å²) in [6.45, 7) is 1.87. The number of nitrogens with zero attached hydrogens (tertiary/aromatic N) is 4. The average Bonchev–Trinajstić information content (AvgIpc) is 3.56. The lowest BCUT2D eigenvalue weighted by Gasteiger charge is -2.22. The maximum atomic E-state index is 12.8. The van der Waals surface area contributed by atoms with E-state index in [1.165, 1.54) is 0 Å². The van der Waals surface area contributed by atoms with E-state index in [4.69, 9.17) is 14.5 Å². The van der Waals surface area contributed by atoms with Crippen molar-refractivity contribution in [3.63, 3.8) is 0 Å². The smallest absolute Gasteiger partial charge is 0.260 e. The Kier molecular flexibility index (Phi) is 7.92. The number of rotatable bonds is 4. The number of aliphatic imine (C=N–C) groups is 2. The molecule has 11 nitrogen and oxygen atoms in total. The molecule has 0 atom stereocenters. The minimum Gasteiger partial charge on any atom is -0.480 e. The second kappa shape index (κ2) is 11.7. The first-order chi connectivity index (χ1) is 18.5. The number of hydrogen-bond donors (Lipinski definition) is 3. The van der Waals surface area contributed by atoms with Gasteiger partial charge in [-0.05, 0) is 50.6 Å². The highest BCUT2D eigenvalue weighted by atomic mass is 16.5. The zero-order valence-corrected chi connectivity index (χ0v) is 22.0. The van der Waals surface area contributed by atoms with Crippen molar-refractivity contribution in [2.45, 2.75) is 44.7 Å². The normalized spacial score (nSPS) is 20.2. The molecule has 202 valence electrons. The number of carbonyl (C=O) groups is 2. The molecule has 11 heteroatoms. The Morgan fingerprint density at radius 1 is 1.21 bits per heavy atom. The van der Waals surface area contributed by atoms with Crippen LogP contribution in [0.1, 0.15) is 43.2 Å². The summed E-state index contributed by atoms with van der Waals surface area (Å²) in [4.78, 5) is 41.6. The number of amidine groups is 1. The Balaban J connectivity index is 1.42. The summed E-state index contributed by atoms with van der Waals surface area (Å²) in [6, 6.07) is 5.43. The van der Waals surface area contributed by atoms with Crippen LogP contribution in [0.3, 0.4) is 0 Å². The van der Waals surface area contributed by atoms with Crippen LogP contribution in [0, 0.1) is 0 Å². The molecule has 0 saturated heterocycles. The molecule has 1 aliphatic carbocycles. The second-order valence-corrected chi connectivity index (χ2v) is 10.1. The highest BCUT2D eigenvalue weighted by Crippen LogP contribution is 2.34. The van der Waals surface area contributed by atoms with Crippen molar-refractivity contribution < 1.29 is 19.1 Å². The molecule has 38 heavy (non-hydrogen) atoms. The summed E-state index contributed by atoms with van der Waals surface area (Å²) in [5.74, 6) is 1.84. The fourth-order valence-corrected chi connectivity index (χ4v) is 4.99. The number of carbonyl (C=O) groups excluding carboxylic acids is 2. The summed E-state index contributed by atoms with van der Waals surface area (Å²) in [5, 5.41) is 6.18. The van der Waals surface area contributed by atoms with Crippen LogP contribution in [0.15, 0.2) is 34.4 Å². The number of hydrogen-bond acceptors (Lipinski definition) is 8. The van der Waals surface area contributed by atoms with Gasteiger partial charge in [-0.2, -0.15) is 0 Å². The molecular formula is C27H35N7O4. The van der Waals surface area contributed by atoms with Gasteiger partial charge in [-0.1, -0.05) is 12.8 Å². The monoisotopic (exact) mass is 521 g/mol. The first kappa shape index (κ1) is 25.8. The maximum absolute atomic E-state index is 12.8. The highest BCUT2D eigenvalue weighted by molar-refractivity contribution is 6.13. The number of fused-ring (bicyclic) bond motifs is 2. The number of ether oxygens (including phenoxy) is 2. The number of aromatic amines is 1. The van der Waals surface area contributed by atoms with Gasteiger partial charge in [-0.25, -0.2) is 9.98 Å². The van der Waals surface area contributed by atoms with Gasteiger partial charge >= 0.3 is 0 Å². The maximum Gasteiger partial charge on any atom is 0.260 e. The molecule has 1 aromatic heterocycles. The second-order valence-electron chi connectivity index (χ2n) is 10.1. The molecule has 2 amide bonds. The quantitative estimate of drug-likeness (QED) is 0.568. The molecule has 2 bridgehead atoms. The molecule has 2 aromatic rings. The lowest BCUT2D eigenvalue weighted by atomic mass is 10.1. The average molecular weight is 522 g/mol. The molecule has 0 radical (unpaired) electrons. The predicted molar refractivity (Wildman–Crippen MR) is 146 cm³/mol. The van der Waals surface area contributed by atoms with E-state index in [1.807, 2.05) is 6.20 Å². The third-order valence-electron chi connectivity index (χ3n) is 7.07. The lowest BCUT2D eigenvalue weighted by Crippen LogP contribution is -2.36. The number of likely N-dealkylation sites (N-methyl/N-ethyl adjacent to an activating group) is 1. The van der Waals surface area contributed by atoms with Gasteiger partial charge < -0.3 is 34.9 Å². The summed E-state index contributed by atoms with van der Waals surface area (Å²) >= 11 is 0. The Hall–Kier alpha value is -3.86. The van der Waals surface area contributed by atoms with Gasteiger partial charge in [-0.15, -0.1) is 0 Å². The number of H-pyrrole nitrogens is 1. The molecule has 5 rings (SSSR count). The van der Waals surface area contributed by atoms with Gasteiger partial charge in [0.25, 0.3) is 11.8 Å². The van der Waals surface area contributed by atoms with Gasteiger partial charge in [0.15, 0.2) is 30.5 Å². The van der Waals surface area contributed by atoms with Crippen LogP contribution in [0.25, 0.3) is 0 Å². The largest absolute Gasteiger partial charge is 0.480 e. The van der Waals surface area contributed by atoms with Crippen LogP contribution >= 0.6 is 0 Å². The van der Waals surface area contributed by atoms with E-state index in [9.17, 15) is 9.59 Å². The van der Waals surface area contributed by atoms with Crippen LogP contribution < -0.4 is 20.1 Å². The Labute approximate surface area is 222 Å². The molecule has 0 unspecified atom stereocenters. The van der Waals surface area contributed by atoms with E-state index in [2.05, 4.69) is 32.6 Å². The van der Waals surface area contributed by atoms with Crippen molar-refractivity contribution in [2.75, 3.05) is 45.7 Å². The number of anilines is 1. The molecule has 3 heterocycles. The number of nitrogens with one attached hydrogen (secondary N) is 3. The van der Waals surface area contributed by atoms with Crippen LogP contribution in [0.2, 0.25) is 0 Å². The highest BCUT2D eigenvalue weighted by Gasteiger charge is 2.22. The number of aromatic nitrogens is 1. The van der Waals surface area contributed by atoms with Gasteiger partial charge in [0, 0.05) is 38.4 Å². The van der Waals surface area contributed by atoms with E-state index in [0.29, 0.717) is 36.1 Å². The minimum absolute atomic E-state index is 0.131. The fourth-order valence-electron chi connectivity index (χ4n) is 4.99. The first-order valence-corrected chi connectivity index (χ1v) is 13.2. The molecule has 1 fully saturated rings. The van der Waals surface area contributed by atoms with Crippen molar-refractivity contribution in [2.24, 2.45) is 9.98 Å². The third-order valence-corrected chi connectivity index (χ3v) is 7.07. The van der Waals surface area contributed by atoms with E-state index in [1.54, 1.807) is 36.5 Å². The standard InChI is InChI=1S/C27H35N7O4/c1-33-10-5-11-34(2)24(36)16-38-22-12-20(32-27-25-18(14-33)13-28-26(25)29-17-30-27)8-9-21(22)37-15-23(35)31-19-6-3-4-7-19/h8-9,12-13,17,19H,3-7,10-11,14-16H2,1-2H3,(H,31,35)(H2,28,29,30,32). The Bertz CT molecular complexity index is 1230. The third kappa shape index (κ3) is 6.16. The fraction of sp³-hybridized carbons (Fsp3) is 0.481. The molecule has 1 saturated carbocycles. The SMILES string of the molecule is CN1CCCN(C)C(=O)COc2cc(ccc2OCC(=O)NC2CCCC2)/N=C2/N=CNc3[nH]cc(c32)C1. The van der Waals surface area contributed by atoms with E-state index in [0.717, 1.165) is 55.6 Å². The zero-order chi connectivity index (χ0) is 26.5. The predicted octanol–water partition coefficient (Wildman–Crippen LogP) is 2.66. The van der Waals surface area contributed by atoms with E-state index >= 15 is 0 Å². The minimum atomic E-state index is -0.168. The summed E-state index contributed by atoms with van der Waals surface area (Å²) < 4.78 is 11.8. The van der Waals surface area contributed by atoms with Crippen molar-refractivity contribution in [1.29, 1.82) is 0 Å². The van der Waals surface area contributed by atoms with E-state index in [-0.39, 0.29) is 31.1 Å². The van der Waals surface area contributed by atoms with Gasteiger partial charge in [-0.3, -0.25) is 9.59 Å².